The van der Waals surface area contributed by atoms with Crippen molar-refractivity contribution in [2.24, 2.45) is 5.92 Å². The molecule has 1 fully saturated rings. The average Bonchev–Trinajstić information content (AvgIpc) is 2.44. The Bertz CT molecular complexity index is 439. The molecule has 0 aliphatic heterocycles. The second-order valence-corrected chi connectivity index (χ2v) is 5.64. The highest BCUT2D eigenvalue weighted by Gasteiger charge is 2.30. The minimum absolute atomic E-state index is 0.106. The fraction of sp³-hybridized carbons (Fsp3) is 0.588. The number of benzene rings is 1. The van der Waals surface area contributed by atoms with Crippen LogP contribution in [0.2, 0.25) is 0 Å². The predicted octanol–water partition coefficient (Wildman–Crippen LogP) is 2.94. The number of hydrogen-bond acceptors (Lipinski definition) is 3. The van der Waals surface area contributed by atoms with Crippen LogP contribution in [0.5, 0.6) is 0 Å². The third-order valence-corrected chi connectivity index (χ3v) is 3.89. The number of amides is 1. The highest BCUT2D eigenvalue weighted by molar-refractivity contribution is 5.90. The van der Waals surface area contributed by atoms with Crippen LogP contribution in [0.3, 0.4) is 0 Å². The Kier molecular flexibility index (Phi) is 6.21. The molecule has 0 spiro atoms. The third-order valence-electron chi connectivity index (χ3n) is 3.89. The quantitative estimate of drug-likeness (QED) is 0.774. The van der Waals surface area contributed by atoms with Crippen LogP contribution in [0.15, 0.2) is 24.3 Å². The molecular formula is C17H26N2O2. The summed E-state index contributed by atoms with van der Waals surface area (Å²) in [5.41, 5.74) is 2.11. The molecule has 1 amide bonds. The molecule has 1 aromatic carbocycles. The first-order valence-corrected chi connectivity index (χ1v) is 7.92. The van der Waals surface area contributed by atoms with Gasteiger partial charge in [0.05, 0.1) is 6.10 Å². The Morgan fingerprint density at radius 3 is 2.57 bits per heavy atom. The van der Waals surface area contributed by atoms with E-state index in [1.54, 1.807) is 0 Å². The van der Waals surface area contributed by atoms with Crippen LogP contribution in [0, 0.1) is 5.92 Å². The SMILES string of the molecule is CCNCc1ccc(NC(=O)CC2CC(OCC)C2)cc1. The van der Waals surface area contributed by atoms with Crippen molar-refractivity contribution in [3.05, 3.63) is 29.8 Å². The van der Waals surface area contributed by atoms with Crippen LogP contribution < -0.4 is 10.6 Å². The molecule has 2 rings (SSSR count). The maximum Gasteiger partial charge on any atom is 0.224 e. The third kappa shape index (κ3) is 5.14. The summed E-state index contributed by atoms with van der Waals surface area (Å²) in [5.74, 6) is 0.587. The van der Waals surface area contributed by atoms with E-state index in [0.29, 0.717) is 18.4 Å². The van der Waals surface area contributed by atoms with E-state index in [0.717, 1.165) is 38.2 Å². The molecule has 1 aliphatic rings. The van der Waals surface area contributed by atoms with Gasteiger partial charge in [-0.1, -0.05) is 19.1 Å². The van der Waals surface area contributed by atoms with Gasteiger partial charge in [-0.15, -0.1) is 0 Å². The van der Waals surface area contributed by atoms with E-state index >= 15 is 0 Å². The minimum Gasteiger partial charge on any atom is -0.378 e. The van der Waals surface area contributed by atoms with Gasteiger partial charge in [-0.3, -0.25) is 4.79 Å². The molecular weight excluding hydrogens is 264 g/mol. The van der Waals surface area contributed by atoms with Crippen molar-refractivity contribution in [2.75, 3.05) is 18.5 Å². The van der Waals surface area contributed by atoms with Gasteiger partial charge >= 0.3 is 0 Å². The van der Waals surface area contributed by atoms with Crippen LogP contribution in [0.4, 0.5) is 5.69 Å². The zero-order chi connectivity index (χ0) is 15.1. The van der Waals surface area contributed by atoms with E-state index in [1.807, 2.05) is 31.2 Å². The number of anilines is 1. The molecule has 0 unspecified atom stereocenters. The van der Waals surface area contributed by atoms with Gasteiger partial charge in [0.2, 0.25) is 5.91 Å². The van der Waals surface area contributed by atoms with Gasteiger partial charge in [0, 0.05) is 25.3 Å². The molecule has 1 aliphatic carbocycles. The van der Waals surface area contributed by atoms with Crippen molar-refractivity contribution in [3.63, 3.8) is 0 Å². The van der Waals surface area contributed by atoms with Crippen molar-refractivity contribution in [3.8, 4) is 0 Å². The Labute approximate surface area is 127 Å². The summed E-state index contributed by atoms with van der Waals surface area (Å²) in [6, 6.07) is 8.03. The van der Waals surface area contributed by atoms with Crippen molar-refractivity contribution in [1.29, 1.82) is 0 Å². The largest absolute Gasteiger partial charge is 0.378 e. The van der Waals surface area contributed by atoms with Crippen molar-refractivity contribution in [2.45, 2.75) is 45.8 Å². The van der Waals surface area contributed by atoms with Gasteiger partial charge in [-0.2, -0.15) is 0 Å². The Morgan fingerprint density at radius 1 is 1.24 bits per heavy atom. The Balaban J connectivity index is 1.70. The van der Waals surface area contributed by atoms with E-state index in [2.05, 4.69) is 17.6 Å². The maximum absolute atomic E-state index is 12.0. The highest BCUT2D eigenvalue weighted by Crippen LogP contribution is 2.32. The second kappa shape index (κ2) is 8.15. The first-order valence-electron chi connectivity index (χ1n) is 7.92. The summed E-state index contributed by atoms with van der Waals surface area (Å²) in [6.45, 7) is 6.70. The maximum atomic E-state index is 12.0. The van der Waals surface area contributed by atoms with Gasteiger partial charge in [-0.25, -0.2) is 0 Å². The number of nitrogens with one attached hydrogen (secondary N) is 2. The smallest absolute Gasteiger partial charge is 0.224 e. The van der Waals surface area contributed by atoms with Gasteiger partial charge in [0.25, 0.3) is 0 Å². The Morgan fingerprint density at radius 2 is 1.95 bits per heavy atom. The van der Waals surface area contributed by atoms with Crippen molar-refractivity contribution < 1.29 is 9.53 Å². The average molecular weight is 290 g/mol. The predicted molar refractivity (Wildman–Crippen MR) is 85.2 cm³/mol. The normalized spacial score (nSPS) is 20.9. The zero-order valence-electron chi connectivity index (χ0n) is 13.0. The van der Waals surface area contributed by atoms with Gasteiger partial charge in [-0.05, 0) is 49.9 Å². The fourth-order valence-corrected chi connectivity index (χ4v) is 2.66. The molecule has 1 saturated carbocycles. The van der Waals surface area contributed by atoms with Crippen LogP contribution in [-0.4, -0.2) is 25.2 Å². The first-order chi connectivity index (χ1) is 10.2. The molecule has 0 bridgehead atoms. The van der Waals surface area contributed by atoms with Crippen LogP contribution in [-0.2, 0) is 16.1 Å². The van der Waals surface area contributed by atoms with Crippen molar-refractivity contribution >= 4 is 11.6 Å². The summed E-state index contributed by atoms with van der Waals surface area (Å²) in [5, 5.41) is 6.25. The lowest BCUT2D eigenvalue weighted by Gasteiger charge is -2.34. The number of ether oxygens (including phenoxy) is 1. The van der Waals surface area contributed by atoms with Gasteiger partial charge in [0.15, 0.2) is 0 Å². The molecule has 0 saturated heterocycles. The van der Waals surface area contributed by atoms with E-state index in [4.69, 9.17) is 4.74 Å². The summed E-state index contributed by atoms with van der Waals surface area (Å²) >= 11 is 0. The van der Waals surface area contributed by atoms with Gasteiger partial charge < -0.3 is 15.4 Å². The van der Waals surface area contributed by atoms with E-state index in [9.17, 15) is 4.79 Å². The standard InChI is InChI=1S/C17H26N2O2/c1-3-18-12-13-5-7-15(8-6-13)19-17(20)11-14-9-16(10-14)21-4-2/h5-8,14,16,18H,3-4,9-12H2,1-2H3,(H,19,20). The molecule has 0 heterocycles. The molecule has 116 valence electrons. The molecule has 4 nitrogen and oxygen atoms in total. The molecule has 0 radical (unpaired) electrons. The van der Waals surface area contributed by atoms with Crippen LogP contribution in [0.25, 0.3) is 0 Å². The summed E-state index contributed by atoms with van der Waals surface area (Å²) in [7, 11) is 0. The molecule has 4 heteroatoms. The minimum atomic E-state index is 0.106. The summed E-state index contributed by atoms with van der Waals surface area (Å²) in [6.07, 6.45) is 3.01. The number of rotatable bonds is 8. The molecule has 0 aromatic heterocycles. The molecule has 1 aromatic rings. The van der Waals surface area contributed by atoms with E-state index < -0.39 is 0 Å². The number of hydrogen-bond donors (Lipinski definition) is 2. The van der Waals surface area contributed by atoms with Crippen LogP contribution >= 0.6 is 0 Å². The number of carbonyl (C=O) groups excluding carboxylic acids is 1. The number of carbonyl (C=O) groups is 1. The lowest BCUT2D eigenvalue weighted by atomic mass is 9.80. The van der Waals surface area contributed by atoms with E-state index in [-0.39, 0.29) is 5.91 Å². The summed E-state index contributed by atoms with van der Waals surface area (Å²) < 4.78 is 5.52. The molecule has 0 atom stereocenters. The van der Waals surface area contributed by atoms with E-state index in [1.165, 1.54) is 5.56 Å². The van der Waals surface area contributed by atoms with Crippen molar-refractivity contribution in [1.82, 2.24) is 5.32 Å². The first kappa shape index (κ1) is 16.0. The lowest BCUT2D eigenvalue weighted by Crippen LogP contribution is -2.33. The highest BCUT2D eigenvalue weighted by atomic mass is 16.5. The molecule has 21 heavy (non-hydrogen) atoms. The topological polar surface area (TPSA) is 50.4 Å². The van der Waals surface area contributed by atoms with Gasteiger partial charge in [0.1, 0.15) is 0 Å². The fourth-order valence-electron chi connectivity index (χ4n) is 2.66. The zero-order valence-corrected chi connectivity index (χ0v) is 13.0. The Hall–Kier alpha value is -1.39. The second-order valence-electron chi connectivity index (χ2n) is 5.64. The molecule has 2 N–H and O–H groups in total. The lowest BCUT2D eigenvalue weighted by molar-refractivity contribution is -0.119. The monoisotopic (exact) mass is 290 g/mol. The summed E-state index contributed by atoms with van der Waals surface area (Å²) in [4.78, 5) is 12.0. The van der Waals surface area contributed by atoms with Crippen LogP contribution in [0.1, 0.15) is 38.7 Å².